The average molecular weight is 378 g/mol. The van der Waals surface area contributed by atoms with E-state index in [1.165, 1.54) is 24.3 Å². The van der Waals surface area contributed by atoms with Gasteiger partial charge in [0.15, 0.2) is 0 Å². The van der Waals surface area contributed by atoms with E-state index in [1.807, 2.05) is 30.3 Å². The van der Waals surface area contributed by atoms with Gasteiger partial charge in [0.1, 0.15) is 17.6 Å². The second-order valence-corrected chi connectivity index (χ2v) is 6.05. The lowest BCUT2D eigenvalue weighted by Gasteiger charge is -2.12. The number of fused-ring (bicyclic) bond motifs is 1. The van der Waals surface area contributed by atoms with Gasteiger partial charge < -0.3 is 14.9 Å². The largest absolute Gasteiger partial charge is 0.394 e. The average Bonchev–Trinajstić information content (AvgIpc) is 3.21. The smallest absolute Gasteiger partial charge is 0.251 e. The first-order valence-electron chi connectivity index (χ1n) is 8.50. The maximum Gasteiger partial charge on any atom is 0.251 e. The minimum absolute atomic E-state index is 0.0442. The molecule has 1 amide bonds. The van der Waals surface area contributed by atoms with Crippen molar-refractivity contribution in [1.82, 2.24) is 20.4 Å². The van der Waals surface area contributed by atoms with Crippen molar-refractivity contribution >= 4 is 16.7 Å². The van der Waals surface area contributed by atoms with Gasteiger partial charge in [0, 0.05) is 17.1 Å². The molecule has 0 saturated carbocycles. The molecular weight excluding hydrogens is 363 g/mol. The van der Waals surface area contributed by atoms with Crippen molar-refractivity contribution in [2.24, 2.45) is 0 Å². The van der Waals surface area contributed by atoms with E-state index in [4.69, 9.17) is 4.52 Å². The molecule has 0 spiro atoms. The molecule has 2 aromatic heterocycles. The van der Waals surface area contributed by atoms with Crippen LogP contribution in [0.25, 0.3) is 22.3 Å². The highest BCUT2D eigenvalue weighted by atomic mass is 19.1. The molecule has 0 aliphatic heterocycles. The van der Waals surface area contributed by atoms with Crippen LogP contribution in [0.5, 0.6) is 0 Å². The lowest BCUT2D eigenvalue weighted by atomic mass is 10.1. The van der Waals surface area contributed by atoms with Crippen LogP contribution >= 0.6 is 0 Å². The summed E-state index contributed by atoms with van der Waals surface area (Å²) in [6, 6.07) is 13.7. The maximum atomic E-state index is 13.0. The molecule has 0 bridgehead atoms. The Kier molecular flexibility index (Phi) is 4.77. The maximum absolute atomic E-state index is 13.0. The third-order valence-electron chi connectivity index (χ3n) is 4.22. The molecule has 140 valence electrons. The van der Waals surface area contributed by atoms with Crippen molar-refractivity contribution in [2.75, 3.05) is 6.61 Å². The van der Waals surface area contributed by atoms with Gasteiger partial charge in [-0.1, -0.05) is 29.4 Å². The Labute approximate surface area is 158 Å². The van der Waals surface area contributed by atoms with Gasteiger partial charge in [-0.3, -0.25) is 9.78 Å². The molecule has 0 aliphatic carbocycles. The number of carbonyl (C=O) groups excluding carboxylic acids is 1. The normalized spacial score (nSPS) is 12.1. The fourth-order valence-electron chi connectivity index (χ4n) is 2.80. The number of nitrogens with zero attached hydrogens (tertiary/aromatic N) is 3. The summed E-state index contributed by atoms with van der Waals surface area (Å²) in [5.74, 6) is -0.648. The number of benzene rings is 2. The number of carbonyl (C=O) groups is 1. The van der Waals surface area contributed by atoms with Crippen molar-refractivity contribution in [1.29, 1.82) is 0 Å². The highest BCUT2D eigenvalue weighted by molar-refractivity contribution is 5.94. The Bertz CT molecular complexity index is 1120. The molecule has 2 aromatic carbocycles. The summed E-state index contributed by atoms with van der Waals surface area (Å²) in [5.41, 5.74) is 0.782. The second kappa shape index (κ2) is 7.53. The molecule has 2 N–H and O–H groups in total. The van der Waals surface area contributed by atoms with Crippen molar-refractivity contribution in [2.45, 2.75) is 6.04 Å². The first-order chi connectivity index (χ1) is 13.7. The van der Waals surface area contributed by atoms with Gasteiger partial charge in [0.2, 0.25) is 5.82 Å². The first kappa shape index (κ1) is 17.7. The molecule has 4 rings (SSSR count). The van der Waals surface area contributed by atoms with Crippen LogP contribution in [-0.2, 0) is 0 Å². The Morgan fingerprint density at radius 3 is 2.71 bits per heavy atom. The molecule has 0 radical (unpaired) electrons. The van der Waals surface area contributed by atoms with Gasteiger partial charge in [-0.05, 0) is 35.7 Å². The predicted octanol–water partition coefficient (Wildman–Crippen LogP) is 2.89. The van der Waals surface area contributed by atoms with Gasteiger partial charge >= 0.3 is 0 Å². The monoisotopic (exact) mass is 378 g/mol. The molecule has 8 heteroatoms. The standard InChI is InChI=1S/C20H15FN4O3/c21-14-7-5-13(6-8-14)19(27)23-16(11-26)20-24-18(25-28-20)17-15-4-2-1-3-12(15)9-10-22-17/h1-10,16,26H,11H2,(H,23,27). The summed E-state index contributed by atoms with van der Waals surface area (Å²) in [4.78, 5) is 20.9. The van der Waals surface area contributed by atoms with E-state index in [0.29, 0.717) is 5.69 Å². The number of halogens is 1. The number of aliphatic hydroxyl groups is 1. The Hall–Kier alpha value is -3.65. The quantitative estimate of drug-likeness (QED) is 0.554. The number of hydrogen-bond donors (Lipinski definition) is 2. The van der Waals surface area contributed by atoms with Gasteiger partial charge in [-0.2, -0.15) is 4.98 Å². The fourth-order valence-corrected chi connectivity index (χ4v) is 2.80. The molecule has 1 atom stereocenters. The molecule has 1 unspecified atom stereocenters. The first-order valence-corrected chi connectivity index (χ1v) is 8.50. The minimum atomic E-state index is -0.909. The second-order valence-electron chi connectivity index (χ2n) is 6.05. The van der Waals surface area contributed by atoms with Crippen LogP contribution in [0.1, 0.15) is 22.3 Å². The summed E-state index contributed by atoms with van der Waals surface area (Å²) in [6.07, 6.45) is 1.65. The highest BCUT2D eigenvalue weighted by Gasteiger charge is 2.22. The number of nitrogens with one attached hydrogen (secondary N) is 1. The van der Waals surface area contributed by atoms with Gasteiger partial charge in [0.05, 0.1) is 6.61 Å². The number of pyridine rings is 1. The van der Waals surface area contributed by atoms with Crippen LogP contribution in [0, 0.1) is 5.82 Å². The Balaban J connectivity index is 1.60. The Morgan fingerprint density at radius 1 is 1.14 bits per heavy atom. The lowest BCUT2D eigenvalue weighted by Crippen LogP contribution is -2.31. The summed E-state index contributed by atoms with van der Waals surface area (Å²) in [5, 5.41) is 18.0. The van der Waals surface area contributed by atoms with E-state index >= 15 is 0 Å². The summed E-state index contributed by atoms with van der Waals surface area (Å²) >= 11 is 0. The van der Waals surface area contributed by atoms with Crippen LogP contribution in [-0.4, -0.2) is 32.7 Å². The molecular formula is C20H15FN4O3. The molecule has 0 saturated heterocycles. The van der Waals surface area contributed by atoms with Crippen molar-refractivity contribution in [3.8, 4) is 11.5 Å². The van der Waals surface area contributed by atoms with E-state index in [2.05, 4.69) is 20.4 Å². The number of amides is 1. The third kappa shape index (κ3) is 3.45. The van der Waals surface area contributed by atoms with Crippen LogP contribution in [0.3, 0.4) is 0 Å². The summed E-state index contributed by atoms with van der Waals surface area (Å²) in [7, 11) is 0. The molecule has 28 heavy (non-hydrogen) atoms. The SMILES string of the molecule is O=C(NC(CO)c1nc(-c2nccc3ccccc23)no1)c1ccc(F)cc1. The lowest BCUT2D eigenvalue weighted by molar-refractivity contribution is 0.0901. The zero-order chi connectivity index (χ0) is 19.5. The van der Waals surface area contributed by atoms with Crippen molar-refractivity contribution < 1.29 is 18.8 Å². The van der Waals surface area contributed by atoms with E-state index in [1.54, 1.807) is 6.20 Å². The van der Waals surface area contributed by atoms with Crippen molar-refractivity contribution in [3.63, 3.8) is 0 Å². The topological polar surface area (TPSA) is 101 Å². The minimum Gasteiger partial charge on any atom is -0.394 e. The number of aliphatic hydroxyl groups excluding tert-OH is 1. The van der Waals surface area contributed by atoms with Gasteiger partial charge in [-0.15, -0.1) is 0 Å². The number of aromatic nitrogens is 3. The van der Waals surface area contributed by atoms with E-state index in [0.717, 1.165) is 10.8 Å². The molecule has 0 aliphatic rings. The zero-order valence-corrected chi connectivity index (χ0v) is 14.5. The van der Waals surface area contributed by atoms with Gasteiger partial charge in [0.25, 0.3) is 11.8 Å². The molecule has 0 fully saturated rings. The van der Waals surface area contributed by atoms with Crippen LogP contribution in [0.2, 0.25) is 0 Å². The summed E-state index contributed by atoms with van der Waals surface area (Å²) < 4.78 is 18.2. The van der Waals surface area contributed by atoms with Crippen LogP contribution < -0.4 is 5.32 Å². The molecule has 4 aromatic rings. The van der Waals surface area contributed by atoms with Crippen LogP contribution in [0.4, 0.5) is 4.39 Å². The number of hydrogen-bond acceptors (Lipinski definition) is 6. The third-order valence-corrected chi connectivity index (χ3v) is 4.22. The van der Waals surface area contributed by atoms with Crippen molar-refractivity contribution in [3.05, 3.63) is 78.1 Å². The van der Waals surface area contributed by atoms with Gasteiger partial charge in [-0.25, -0.2) is 4.39 Å². The molecule has 7 nitrogen and oxygen atoms in total. The predicted molar refractivity (Wildman–Crippen MR) is 98.7 cm³/mol. The van der Waals surface area contributed by atoms with E-state index < -0.39 is 24.4 Å². The van der Waals surface area contributed by atoms with Crippen LogP contribution in [0.15, 0.2) is 65.3 Å². The summed E-state index contributed by atoms with van der Waals surface area (Å²) in [6.45, 7) is -0.447. The highest BCUT2D eigenvalue weighted by Crippen LogP contribution is 2.25. The zero-order valence-electron chi connectivity index (χ0n) is 14.5. The Morgan fingerprint density at radius 2 is 1.93 bits per heavy atom. The van der Waals surface area contributed by atoms with E-state index in [-0.39, 0.29) is 17.3 Å². The fraction of sp³-hybridized carbons (Fsp3) is 0.100. The number of rotatable bonds is 5. The molecule has 2 heterocycles. The van der Waals surface area contributed by atoms with E-state index in [9.17, 15) is 14.3 Å².